The molecule has 0 aliphatic rings. The number of nitrogens with one attached hydrogen (secondary N) is 2. The summed E-state index contributed by atoms with van der Waals surface area (Å²) in [7, 11) is -3.62. The van der Waals surface area contributed by atoms with Crippen LogP contribution in [0.2, 0.25) is 0 Å². The first-order chi connectivity index (χ1) is 10.4. The Hall–Kier alpha value is -0.970. The normalized spacial score (nSPS) is 12.3. The minimum Gasteiger partial charge on any atom is -0.346 e. The molecule has 0 saturated carbocycles. The Labute approximate surface area is 138 Å². The van der Waals surface area contributed by atoms with Gasteiger partial charge in [-0.1, -0.05) is 0 Å². The molecule has 0 rings (SSSR count). The number of thioether (sulfide) groups is 1. The van der Waals surface area contributed by atoms with Crippen molar-refractivity contribution < 1.29 is 31.2 Å². The van der Waals surface area contributed by atoms with Gasteiger partial charge < -0.3 is 5.32 Å². The molecular formula is C12H21F3N2O4S2. The van der Waals surface area contributed by atoms with E-state index >= 15 is 0 Å². The van der Waals surface area contributed by atoms with Crippen LogP contribution in [0.1, 0.15) is 33.1 Å². The second kappa shape index (κ2) is 10.0. The third-order valence-electron chi connectivity index (χ3n) is 2.54. The van der Waals surface area contributed by atoms with Gasteiger partial charge in [0.1, 0.15) is 6.54 Å². The predicted molar refractivity (Wildman–Crippen MR) is 82.4 cm³/mol. The largest absolute Gasteiger partial charge is 0.405 e. The zero-order chi connectivity index (χ0) is 18.1. The average molecular weight is 378 g/mol. The first-order valence-electron chi connectivity index (χ1n) is 6.89. The van der Waals surface area contributed by atoms with Crippen molar-refractivity contribution >= 4 is 33.6 Å². The van der Waals surface area contributed by atoms with Crippen molar-refractivity contribution in [3.05, 3.63) is 0 Å². The molecule has 23 heavy (non-hydrogen) atoms. The molecule has 2 N–H and O–H groups in total. The van der Waals surface area contributed by atoms with Gasteiger partial charge >= 0.3 is 6.18 Å². The number of hydrogen-bond donors (Lipinski definition) is 2. The Morgan fingerprint density at radius 2 is 1.74 bits per heavy atom. The molecule has 6 nitrogen and oxygen atoms in total. The van der Waals surface area contributed by atoms with Crippen LogP contribution in [0.15, 0.2) is 0 Å². The van der Waals surface area contributed by atoms with Crippen molar-refractivity contribution in [3.63, 3.8) is 0 Å². The van der Waals surface area contributed by atoms with Crippen LogP contribution < -0.4 is 10.0 Å². The van der Waals surface area contributed by atoms with Crippen molar-refractivity contribution in [1.82, 2.24) is 10.0 Å². The fraction of sp³-hybridized carbons (Fsp3) is 0.833. The maximum atomic E-state index is 11.8. The lowest BCUT2D eigenvalue weighted by Gasteiger charge is -2.09. The molecule has 0 aromatic carbocycles. The van der Waals surface area contributed by atoms with E-state index < -0.39 is 39.8 Å². The Morgan fingerprint density at radius 1 is 1.13 bits per heavy atom. The van der Waals surface area contributed by atoms with Gasteiger partial charge in [0.2, 0.25) is 21.8 Å². The van der Waals surface area contributed by atoms with Crippen molar-refractivity contribution in [2.24, 2.45) is 0 Å². The number of hydrogen-bond acceptors (Lipinski definition) is 5. The summed E-state index contributed by atoms with van der Waals surface area (Å²) in [6.07, 6.45) is -3.42. The summed E-state index contributed by atoms with van der Waals surface area (Å²) < 4.78 is 60.3. The molecule has 0 aliphatic heterocycles. The molecule has 0 unspecified atom stereocenters. The first kappa shape index (κ1) is 22.0. The molecule has 11 heteroatoms. The third kappa shape index (κ3) is 12.2. The van der Waals surface area contributed by atoms with Crippen LogP contribution in [-0.4, -0.2) is 49.7 Å². The number of sulfonamides is 1. The minimum absolute atomic E-state index is 0.0345. The summed E-state index contributed by atoms with van der Waals surface area (Å²) in [6, 6.07) is 0. The maximum absolute atomic E-state index is 11.8. The highest BCUT2D eigenvalue weighted by Crippen LogP contribution is 2.12. The van der Waals surface area contributed by atoms with Crippen molar-refractivity contribution in [3.8, 4) is 0 Å². The lowest BCUT2D eigenvalue weighted by atomic mass is 10.2. The van der Waals surface area contributed by atoms with Crippen molar-refractivity contribution in [1.29, 1.82) is 0 Å². The quantitative estimate of drug-likeness (QED) is 0.561. The number of carbonyl (C=O) groups excluding carboxylic acids is 2. The summed E-state index contributed by atoms with van der Waals surface area (Å²) >= 11 is 1.15. The molecule has 0 bridgehead atoms. The lowest BCUT2D eigenvalue weighted by Crippen LogP contribution is -2.35. The second-order valence-electron chi connectivity index (χ2n) is 5.02. The zero-order valence-electron chi connectivity index (χ0n) is 12.9. The van der Waals surface area contributed by atoms with Gasteiger partial charge in [-0.25, -0.2) is 8.42 Å². The summed E-state index contributed by atoms with van der Waals surface area (Å²) in [4.78, 5) is 22.5. The molecule has 0 fully saturated rings. The number of rotatable bonds is 10. The standard InChI is InChI=1S/C12H21F3N2O4S2/c1-9(2)23(20,21)17-10(18)5-3-4-6-22-7-11(19)16-8-12(13,14)15/h9H,3-8H2,1-2H3,(H,16,19)(H,17,18). The van der Waals surface area contributed by atoms with Crippen LogP contribution in [0, 0.1) is 0 Å². The predicted octanol–water partition coefficient (Wildman–Crippen LogP) is 1.42. The van der Waals surface area contributed by atoms with Gasteiger partial charge in [0.15, 0.2) is 0 Å². The Bertz CT molecular complexity index is 493. The molecule has 0 aromatic heterocycles. The van der Waals surface area contributed by atoms with Gasteiger partial charge in [0.25, 0.3) is 0 Å². The van der Waals surface area contributed by atoms with E-state index in [2.05, 4.69) is 0 Å². The van der Waals surface area contributed by atoms with E-state index in [-0.39, 0.29) is 12.2 Å². The summed E-state index contributed by atoms with van der Waals surface area (Å²) in [6.45, 7) is 1.56. The smallest absolute Gasteiger partial charge is 0.346 e. The number of alkyl halides is 3. The number of carbonyl (C=O) groups is 2. The highest BCUT2D eigenvalue weighted by atomic mass is 32.2. The van der Waals surface area contributed by atoms with Gasteiger partial charge in [-0.05, 0) is 32.4 Å². The maximum Gasteiger partial charge on any atom is 0.405 e. The lowest BCUT2D eigenvalue weighted by molar-refractivity contribution is -0.136. The molecule has 0 atom stereocenters. The van der Waals surface area contributed by atoms with E-state index in [0.29, 0.717) is 18.6 Å². The van der Waals surface area contributed by atoms with E-state index in [1.165, 1.54) is 13.8 Å². The Balaban J connectivity index is 3.70. The highest BCUT2D eigenvalue weighted by molar-refractivity contribution is 7.99. The third-order valence-corrected chi connectivity index (χ3v) is 5.34. The second-order valence-corrected chi connectivity index (χ2v) is 8.36. The van der Waals surface area contributed by atoms with E-state index in [1.807, 2.05) is 4.72 Å². The number of amides is 2. The van der Waals surface area contributed by atoms with E-state index in [4.69, 9.17) is 0 Å². The fourth-order valence-corrected chi connectivity index (χ4v) is 2.73. The molecular weight excluding hydrogens is 357 g/mol. The number of unbranched alkanes of at least 4 members (excludes halogenated alkanes) is 1. The molecule has 2 amide bonds. The van der Waals surface area contributed by atoms with Gasteiger partial charge in [-0.3, -0.25) is 14.3 Å². The monoisotopic (exact) mass is 378 g/mol. The van der Waals surface area contributed by atoms with Crippen LogP contribution >= 0.6 is 11.8 Å². The van der Waals surface area contributed by atoms with Crippen LogP contribution in [-0.2, 0) is 19.6 Å². The van der Waals surface area contributed by atoms with Crippen LogP contribution in [0.25, 0.3) is 0 Å². The van der Waals surface area contributed by atoms with Crippen LogP contribution in [0.4, 0.5) is 13.2 Å². The van der Waals surface area contributed by atoms with Crippen LogP contribution in [0.5, 0.6) is 0 Å². The van der Waals surface area contributed by atoms with Gasteiger partial charge in [-0.2, -0.15) is 24.9 Å². The number of halogens is 3. The molecule has 136 valence electrons. The molecule has 0 radical (unpaired) electrons. The van der Waals surface area contributed by atoms with Gasteiger partial charge in [0.05, 0.1) is 11.0 Å². The summed E-state index contributed by atoms with van der Waals surface area (Å²) in [5, 5.41) is 1.06. The van der Waals surface area contributed by atoms with E-state index in [1.54, 1.807) is 5.32 Å². The summed E-state index contributed by atoms with van der Waals surface area (Å²) in [5.74, 6) is -0.895. The van der Waals surface area contributed by atoms with E-state index in [9.17, 15) is 31.2 Å². The van der Waals surface area contributed by atoms with Crippen LogP contribution in [0.3, 0.4) is 0 Å². The molecule has 0 aromatic rings. The fourth-order valence-electron chi connectivity index (χ4n) is 1.23. The molecule has 0 aliphatic carbocycles. The highest BCUT2D eigenvalue weighted by Gasteiger charge is 2.27. The van der Waals surface area contributed by atoms with Crippen molar-refractivity contribution in [2.45, 2.75) is 44.5 Å². The SMILES string of the molecule is CC(C)S(=O)(=O)NC(=O)CCCCSCC(=O)NCC(F)(F)F. The van der Waals surface area contributed by atoms with Gasteiger partial charge in [0, 0.05) is 6.42 Å². The first-order valence-corrected chi connectivity index (χ1v) is 9.60. The van der Waals surface area contributed by atoms with E-state index in [0.717, 1.165) is 11.8 Å². The minimum atomic E-state index is -4.43. The topological polar surface area (TPSA) is 92.3 Å². The Morgan fingerprint density at radius 3 is 2.26 bits per heavy atom. The molecule has 0 heterocycles. The average Bonchev–Trinajstić information content (AvgIpc) is 2.38. The summed E-state index contributed by atoms with van der Waals surface area (Å²) in [5.41, 5.74) is 0. The van der Waals surface area contributed by atoms with Gasteiger partial charge in [-0.15, -0.1) is 0 Å². The Kier molecular flexibility index (Phi) is 9.59. The molecule has 0 spiro atoms. The zero-order valence-corrected chi connectivity index (χ0v) is 14.5. The molecule has 0 saturated heterocycles. The van der Waals surface area contributed by atoms with Crippen molar-refractivity contribution in [2.75, 3.05) is 18.1 Å².